The molecule has 116 valence electrons. The van der Waals surface area contributed by atoms with Crippen molar-refractivity contribution in [3.05, 3.63) is 44.4 Å². The topological polar surface area (TPSA) is 45.2 Å². The highest BCUT2D eigenvalue weighted by Gasteiger charge is 2.21. The second-order valence-corrected chi connectivity index (χ2v) is 7.01. The van der Waals surface area contributed by atoms with Crippen LogP contribution in [-0.4, -0.2) is 28.9 Å². The summed E-state index contributed by atoms with van der Waals surface area (Å²) in [5.74, 6) is -0.286. The number of hydrogen-bond acceptors (Lipinski definition) is 4. The van der Waals surface area contributed by atoms with Gasteiger partial charge >= 0.3 is 0 Å². The number of hydrogen-bond donors (Lipinski definition) is 1. The number of fused-ring (bicyclic) bond motifs is 1. The van der Waals surface area contributed by atoms with Crippen molar-refractivity contribution in [3.63, 3.8) is 0 Å². The molecule has 0 saturated heterocycles. The molecule has 0 aliphatic carbocycles. The predicted molar refractivity (Wildman–Crippen MR) is 91.2 cm³/mol. The number of rotatable bonds is 3. The van der Waals surface area contributed by atoms with Crippen LogP contribution in [0.15, 0.2) is 18.2 Å². The first-order chi connectivity index (χ1) is 10.6. The molecule has 1 amide bonds. The average Bonchev–Trinajstić information content (AvgIpc) is 2.90. The van der Waals surface area contributed by atoms with Gasteiger partial charge in [0, 0.05) is 29.4 Å². The Labute approximate surface area is 143 Å². The van der Waals surface area contributed by atoms with Gasteiger partial charge in [0.1, 0.15) is 0 Å². The normalized spacial score (nSPS) is 14.7. The van der Waals surface area contributed by atoms with E-state index < -0.39 is 0 Å². The quantitative estimate of drug-likeness (QED) is 0.901. The van der Waals surface area contributed by atoms with Gasteiger partial charge in [-0.3, -0.25) is 15.0 Å². The van der Waals surface area contributed by atoms with Crippen molar-refractivity contribution in [3.8, 4) is 0 Å². The van der Waals surface area contributed by atoms with Crippen molar-refractivity contribution < 1.29 is 4.79 Å². The van der Waals surface area contributed by atoms with E-state index in [0.717, 1.165) is 31.7 Å². The first-order valence-corrected chi connectivity index (χ1v) is 8.61. The van der Waals surface area contributed by atoms with Crippen LogP contribution in [-0.2, 0) is 13.0 Å². The number of halogens is 2. The molecule has 1 aromatic heterocycles. The molecular weight excluding hydrogens is 341 g/mol. The number of nitrogens with one attached hydrogen (secondary N) is 1. The number of carbonyl (C=O) groups is 1. The first kappa shape index (κ1) is 15.7. The van der Waals surface area contributed by atoms with Gasteiger partial charge in [-0.1, -0.05) is 30.1 Å². The van der Waals surface area contributed by atoms with Crippen LogP contribution in [0.2, 0.25) is 10.0 Å². The minimum Gasteiger partial charge on any atom is -0.298 e. The molecule has 0 bridgehead atoms. The van der Waals surface area contributed by atoms with Crippen LogP contribution >= 0.6 is 34.5 Å². The Kier molecular flexibility index (Phi) is 4.68. The Morgan fingerprint density at radius 1 is 1.45 bits per heavy atom. The zero-order chi connectivity index (χ0) is 15.7. The number of amides is 1. The van der Waals surface area contributed by atoms with Crippen LogP contribution in [0.4, 0.5) is 5.13 Å². The van der Waals surface area contributed by atoms with Gasteiger partial charge in [-0.25, -0.2) is 4.98 Å². The van der Waals surface area contributed by atoms with Gasteiger partial charge in [0.05, 0.1) is 16.3 Å². The van der Waals surface area contributed by atoms with E-state index in [-0.39, 0.29) is 5.91 Å². The second kappa shape index (κ2) is 6.54. The number of benzene rings is 1. The molecule has 0 radical (unpaired) electrons. The fourth-order valence-corrected chi connectivity index (χ4v) is 3.83. The third-order valence-electron chi connectivity index (χ3n) is 3.65. The van der Waals surface area contributed by atoms with Crippen molar-refractivity contribution in [1.82, 2.24) is 9.88 Å². The summed E-state index contributed by atoms with van der Waals surface area (Å²) in [7, 11) is 0. The lowest BCUT2D eigenvalue weighted by Gasteiger charge is -2.23. The minimum atomic E-state index is -0.286. The average molecular weight is 356 g/mol. The number of nitrogens with zero attached hydrogens (tertiary/aromatic N) is 2. The van der Waals surface area contributed by atoms with Gasteiger partial charge in [-0.2, -0.15) is 0 Å². The molecule has 1 N–H and O–H groups in total. The van der Waals surface area contributed by atoms with E-state index in [2.05, 4.69) is 22.1 Å². The molecule has 0 unspecified atom stereocenters. The zero-order valence-corrected chi connectivity index (χ0v) is 14.4. The minimum absolute atomic E-state index is 0.286. The SMILES string of the molecule is CCN1CCc2nc(NC(=O)c3cc(Cl)ccc3Cl)sc2C1. The molecule has 0 spiro atoms. The van der Waals surface area contributed by atoms with E-state index in [0.29, 0.717) is 20.7 Å². The largest absolute Gasteiger partial charge is 0.298 e. The lowest BCUT2D eigenvalue weighted by molar-refractivity contribution is 0.102. The van der Waals surface area contributed by atoms with Crippen LogP contribution < -0.4 is 5.32 Å². The maximum Gasteiger partial charge on any atom is 0.259 e. The van der Waals surface area contributed by atoms with E-state index in [9.17, 15) is 4.79 Å². The van der Waals surface area contributed by atoms with Gasteiger partial charge in [0.15, 0.2) is 5.13 Å². The van der Waals surface area contributed by atoms with Crippen LogP contribution in [0.1, 0.15) is 27.9 Å². The van der Waals surface area contributed by atoms with Crippen LogP contribution in [0.25, 0.3) is 0 Å². The third kappa shape index (κ3) is 3.27. The highest BCUT2D eigenvalue weighted by atomic mass is 35.5. The lowest BCUT2D eigenvalue weighted by atomic mass is 10.2. The third-order valence-corrected chi connectivity index (χ3v) is 5.21. The van der Waals surface area contributed by atoms with E-state index in [4.69, 9.17) is 23.2 Å². The maximum absolute atomic E-state index is 12.3. The molecule has 0 atom stereocenters. The summed E-state index contributed by atoms with van der Waals surface area (Å²) in [5, 5.41) is 4.29. The van der Waals surface area contributed by atoms with E-state index in [1.807, 2.05) is 0 Å². The van der Waals surface area contributed by atoms with Crippen LogP contribution in [0.5, 0.6) is 0 Å². The van der Waals surface area contributed by atoms with E-state index in [1.165, 1.54) is 16.2 Å². The molecule has 7 heteroatoms. The molecule has 1 aromatic carbocycles. The molecular formula is C15H15Cl2N3OS. The highest BCUT2D eigenvalue weighted by molar-refractivity contribution is 7.15. The summed E-state index contributed by atoms with van der Waals surface area (Å²) in [5.41, 5.74) is 1.44. The molecule has 1 aliphatic heterocycles. The smallest absolute Gasteiger partial charge is 0.259 e. The summed E-state index contributed by atoms with van der Waals surface area (Å²) in [6.45, 7) is 5.09. The fourth-order valence-electron chi connectivity index (χ4n) is 2.41. The Hall–Kier alpha value is -1.14. The van der Waals surface area contributed by atoms with Crippen molar-refractivity contribution in [2.45, 2.75) is 19.9 Å². The van der Waals surface area contributed by atoms with Crippen molar-refractivity contribution in [1.29, 1.82) is 0 Å². The lowest BCUT2D eigenvalue weighted by Crippen LogP contribution is -2.29. The van der Waals surface area contributed by atoms with Crippen molar-refractivity contribution in [2.24, 2.45) is 0 Å². The molecule has 3 rings (SSSR count). The number of aromatic nitrogens is 1. The molecule has 0 saturated carbocycles. The van der Waals surface area contributed by atoms with Gasteiger partial charge in [0.25, 0.3) is 5.91 Å². The molecule has 22 heavy (non-hydrogen) atoms. The van der Waals surface area contributed by atoms with E-state index >= 15 is 0 Å². The van der Waals surface area contributed by atoms with Crippen molar-refractivity contribution >= 4 is 45.6 Å². The summed E-state index contributed by atoms with van der Waals surface area (Å²) in [6.07, 6.45) is 0.924. The summed E-state index contributed by atoms with van der Waals surface area (Å²) in [4.78, 5) is 20.4. The van der Waals surface area contributed by atoms with Crippen LogP contribution in [0, 0.1) is 0 Å². The van der Waals surface area contributed by atoms with Gasteiger partial charge < -0.3 is 0 Å². The second-order valence-electron chi connectivity index (χ2n) is 5.09. The molecule has 4 nitrogen and oxygen atoms in total. The predicted octanol–water partition coefficient (Wildman–Crippen LogP) is 4.08. The van der Waals surface area contributed by atoms with Gasteiger partial charge in [0.2, 0.25) is 0 Å². The Morgan fingerprint density at radius 3 is 3.05 bits per heavy atom. The maximum atomic E-state index is 12.3. The van der Waals surface area contributed by atoms with Gasteiger partial charge in [-0.15, -0.1) is 11.3 Å². The monoisotopic (exact) mass is 355 g/mol. The Balaban J connectivity index is 1.78. The molecule has 1 aliphatic rings. The summed E-state index contributed by atoms with van der Waals surface area (Å²) >= 11 is 13.5. The summed E-state index contributed by atoms with van der Waals surface area (Å²) in [6, 6.07) is 4.83. The number of likely N-dealkylation sites (N-methyl/N-ethyl adjacent to an activating group) is 1. The Morgan fingerprint density at radius 2 is 2.27 bits per heavy atom. The zero-order valence-electron chi connectivity index (χ0n) is 12.0. The van der Waals surface area contributed by atoms with Crippen LogP contribution in [0.3, 0.4) is 0 Å². The Bertz CT molecular complexity index is 717. The fraction of sp³-hybridized carbons (Fsp3) is 0.333. The molecule has 2 heterocycles. The van der Waals surface area contributed by atoms with E-state index in [1.54, 1.807) is 18.2 Å². The molecule has 2 aromatic rings. The van der Waals surface area contributed by atoms with Gasteiger partial charge in [-0.05, 0) is 24.7 Å². The molecule has 0 fully saturated rings. The number of anilines is 1. The number of thiazole rings is 1. The highest BCUT2D eigenvalue weighted by Crippen LogP contribution is 2.29. The first-order valence-electron chi connectivity index (χ1n) is 7.04. The number of carbonyl (C=O) groups excluding carboxylic acids is 1. The summed E-state index contributed by atoms with van der Waals surface area (Å²) < 4.78 is 0. The standard InChI is InChI=1S/C15H15Cl2N3OS/c1-2-20-6-5-12-13(8-20)22-15(18-12)19-14(21)10-7-9(16)3-4-11(10)17/h3-4,7H,2,5-6,8H2,1H3,(H,18,19,21). The van der Waals surface area contributed by atoms with Crippen molar-refractivity contribution in [2.75, 3.05) is 18.4 Å².